The van der Waals surface area contributed by atoms with E-state index in [4.69, 9.17) is 14.5 Å². The van der Waals surface area contributed by atoms with Crippen LogP contribution in [0.3, 0.4) is 0 Å². The van der Waals surface area contributed by atoms with Crippen LogP contribution in [-0.2, 0) is 22.6 Å². The average molecular weight is 351 g/mol. The van der Waals surface area contributed by atoms with Crippen molar-refractivity contribution in [3.63, 3.8) is 0 Å². The highest BCUT2D eigenvalue weighted by molar-refractivity contribution is 5.79. The van der Waals surface area contributed by atoms with Crippen molar-refractivity contribution in [3.05, 3.63) is 17.0 Å². The molecule has 25 heavy (non-hydrogen) atoms. The van der Waals surface area contributed by atoms with E-state index >= 15 is 0 Å². The number of hydrogen-bond donors (Lipinski definition) is 1. The predicted molar refractivity (Wildman–Crippen MR) is 99.9 cm³/mol. The van der Waals surface area contributed by atoms with Gasteiger partial charge in [0.2, 0.25) is 0 Å². The average Bonchev–Trinajstić information content (AvgIpc) is 3.18. The van der Waals surface area contributed by atoms with Crippen LogP contribution in [-0.4, -0.2) is 67.7 Å². The standard InChI is InChI=1S/C18H33N5O2/c1-6-19-18(22(4)12-16-7-9-25-13-16)20-11-17-14(2)21-23(15(17)3)8-10-24-5/h16H,6-13H2,1-5H3,(H,19,20). The van der Waals surface area contributed by atoms with Crippen molar-refractivity contribution >= 4 is 5.96 Å². The molecule has 142 valence electrons. The molecule has 0 spiro atoms. The van der Waals surface area contributed by atoms with E-state index < -0.39 is 0 Å². The summed E-state index contributed by atoms with van der Waals surface area (Å²) in [6, 6.07) is 0. The number of methoxy groups -OCH3 is 1. The quantitative estimate of drug-likeness (QED) is 0.569. The van der Waals surface area contributed by atoms with Gasteiger partial charge in [0.1, 0.15) is 0 Å². The van der Waals surface area contributed by atoms with E-state index in [9.17, 15) is 0 Å². The van der Waals surface area contributed by atoms with Gasteiger partial charge in [-0.05, 0) is 27.2 Å². The Balaban J connectivity index is 2.05. The molecule has 1 aromatic heterocycles. The summed E-state index contributed by atoms with van der Waals surface area (Å²) in [5.74, 6) is 1.53. The van der Waals surface area contributed by atoms with Crippen LogP contribution in [0.15, 0.2) is 4.99 Å². The van der Waals surface area contributed by atoms with Crippen molar-refractivity contribution in [3.8, 4) is 0 Å². The lowest BCUT2D eigenvalue weighted by Gasteiger charge is -2.24. The van der Waals surface area contributed by atoms with Gasteiger partial charge >= 0.3 is 0 Å². The van der Waals surface area contributed by atoms with Crippen molar-refractivity contribution in [2.75, 3.05) is 47.1 Å². The zero-order valence-electron chi connectivity index (χ0n) is 16.3. The number of nitrogens with zero attached hydrogens (tertiary/aromatic N) is 4. The molecule has 0 aromatic carbocycles. The van der Waals surface area contributed by atoms with Crippen LogP contribution in [0, 0.1) is 19.8 Å². The van der Waals surface area contributed by atoms with Crippen LogP contribution in [0.5, 0.6) is 0 Å². The van der Waals surface area contributed by atoms with Crippen LogP contribution in [0.25, 0.3) is 0 Å². The minimum Gasteiger partial charge on any atom is -0.383 e. The summed E-state index contributed by atoms with van der Waals surface area (Å²) in [6.07, 6.45) is 1.13. The lowest BCUT2D eigenvalue weighted by atomic mass is 10.1. The first kappa shape index (κ1) is 19.7. The molecule has 1 aromatic rings. The van der Waals surface area contributed by atoms with Crippen molar-refractivity contribution in [2.24, 2.45) is 10.9 Å². The SMILES string of the molecule is CCNC(=NCc1c(C)nn(CCOC)c1C)N(C)CC1CCOC1. The lowest BCUT2D eigenvalue weighted by molar-refractivity contribution is 0.181. The fraction of sp³-hybridized carbons (Fsp3) is 0.778. The minimum absolute atomic E-state index is 0.592. The number of aromatic nitrogens is 2. The van der Waals surface area contributed by atoms with E-state index in [0.29, 0.717) is 19.1 Å². The van der Waals surface area contributed by atoms with Gasteiger partial charge in [0.15, 0.2) is 5.96 Å². The molecule has 1 aliphatic heterocycles. The molecule has 0 saturated carbocycles. The van der Waals surface area contributed by atoms with Crippen molar-refractivity contribution < 1.29 is 9.47 Å². The molecule has 0 bridgehead atoms. The molecule has 1 N–H and O–H groups in total. The number of hydrogen-bond acceptors (Lipinski definition) is 4. The summed E-state index contributed by atoms with van der Waals surface area (Å²) in [5, 5.41) is 8.01. The highest BCUT2D eigenvalue weighted by Gasteiger charge is 2.19. The minimum atomic E-state index is 0.592. The Morgan fingerprint density at radius 1 is 1.48 bits per heavy atom. The normalized spacial score (nSPS) is 18.0. The van der Waals surface area contributed by atoms with Crippen LogP contribution >= 0.6 is 0 Å². The largest absolute Gasteiger partial charge is 0.383 e. The number of nitrogens with one attached hydrogen (secondary N) is 1. The molecule has 0 radical (unpaired) electrons. The van der Waals surface area contributed by atoms with Gasteiger partial charge in [-0.15, -0.1) is 0 Å². The molecule has 2 heterocycles. The van der Waals surface area contributed by atoms with E-state index in [-0.39, 0.29) is 0 Å². The molecule has 1 aliphatic rings. The molecule has 2 rings (SSSR count). The van der Waals surface area contributed by atoms with Crippen molar-refractivity contribution in [1.29, 1.82) is 0 Å². The Morgan fingerprint density at radius 2 is 2.28 bits per heavy atom. The van der Waals surface area contributed by atoms with Crippen LogP contribution in [0.2, 0.25) is 0 Å². The van der Waals surface area contributed by atoms with E-state index in [1.165, 1.54) is 11.3 Å². The van der Waals surface area contributed by atoms with Crippen LogP contribution in [0.4, 0.5) is 0 Å². The monoisotopic (exact) mass is 351 g/mol. The second-order valence-electron chi connectivity index (χ2n) is 6.65. The Labute approximate surface area is 151 Å². The van der Waals surface area contributed by atoms with E-state index in [1.54, 1.807) is 7.11 Å². The van der Waals surface area contributed by atoms with Gasteiger partial charge in [-0.1, -0.05) is 0 Å². The van der Waals surface area contributed by atoms with E-state index in [0.717, 1.165) is 50.9 Å². The topological polar surface area (TPSA) is 63.9 Å². The summed E-state index contributed by atoms with van der Waals surface area (Å²) in [5.41, 5.74) is 3.41. The summed E-state index contributed by atoms with van der Waals surface area (Å²) in [7, 11) is 3.81. The van der Waals surface area contributed by atoms with E-state index in [2.05, 4.69) is 36.2 Å². The maximum absolute atomic E-state index is 5.49. The predicted octanol–water partition coefficient (Wildman–Crippen LogP) is 1.58. The zero-order chi connectivity index (χ0) is 18.2. The third kappa shape index (κ3) is 5.44. The Kier molecular flexibility index (Phi) is 7.71. The van der Waals surface area contributed by atoms with Gasteiger partial charge in [-0.3, -0.25) is 4.68 Å². The van der Waals surface area contributed by atoms with Gasteiger partial charge in [-0.25, -0.2) is 4.99 Å². The maximum atomic E-state index is 5.49. The molecule has 7 nitrogen and oxygen atoms in total. The zero-order valence-corrected chi connectivity index (χ0v) is 16.3. The third-order valence-electron chi connectivity index (χ3n) is 4.68. The number of aryl methyl sites for hydroxylation is 1. The molecule has 1 saturated heterocycles. The molecule has 1 unspecified atom stereocenters. The van der Waals surface area contributed by atoms with Gasteiger partial charge in [-0.2, -0.15) is 5.10 Å². The van der Waals surface area contributed by atoms with Crippen LogP contribution in [0.1, 0.15) is 30.3 Å². The van der Waals surface area contributed by atoms with Gasteiger partial charge < -0.3 is 19.7 Å². The summed E-state index contributed by atoms with van der Waals surface area (Å²) >= 11 is 0. The lowest BCUT2D eigenvalue weighted by Crippen LogP contribution is -2.41. The summed E-state index contributed by atoms with van der Waals surface area (Å²) in [6.45, 7) is 11.9. The highest BCUT2D eigenvalue weighted by Crippen LogP contribution is 2.16. The van der Waals surface area contributed by atoms with Crippen molar-refractivity contribution in [2.45, 2.75) is 40.3 Å². The number of guanidine groups is 1. The van der Waals surface area contributed by atoms with Crippen molar-refractivity contribution in [1.82, 2.24) is 20.0 Å². The maximum Gasteiger partial charge on any atom is 0.193 e. The first-order chi connectivity index (χ1) is 12.1. The Hall–Kier alpha value is -1.60. The molecular weight excluding hydrogens is 318 g/mol. The molecule has 0 amide bonds. The third-order valence-corrected chi connectivity index (χ3v) is 4.68. The first-order valence-electron chi connectivity index (χ1n) is 9.15. The van der Waals surface area contributed by atoms with Crippen LogP contribution < -0.4 is 5.32 Å². The molecular formula is C18H33N5O2. The summed E-state index contributed by atoms with van der Waals surface area (Å²) in [4.78, 5) is 7.06. The molecule has 1 fully saturated rings. The molecule has 7 heteroatoms. The number of ether oxygens (including phenoxy) is 2. The fourth-order valence-corrected chi connectivity index (χ4v) is 3.18. The molecule has 0 aliphatic carbocycles. The summed E-state index contributed by atoms with van der Waals surface area (Å²) < 4.78 is 12.7. The Morgan fingerprint density at radius 3 is 2.92 bits per heavy atom. The first-order valence-corrected chi connectivity index (χ1v) is 9.15. The van der Waals surface area contributed by atoms with E-state index in [1.807, 2.05) is 11.6 Å². The highest BCUT2D eigenvalue weighted by atomic mass is 16.5. The van der Waals surface area contributed by atoms with Gasteiger partial charge in [0.25, 0.3) is 0 Å². The second-order valence-corrected chi connectivity index (χ2v) is 6.65. The van der Waals surface area contributed by atoms with Gasteiger partial charge in [0, 0.05) is 51.0 Å². The Bertz CT molecular complexity index is 564. The number of rotatable bonds is 8. The second kappa shape index (κ2) is 9.77. The van der Waals surface area contributed by atoms with Gasteiger partial charge in [0.05, 0.1) is 32.0 Å². The fourth-order valence-electron chi connectivity index (χ4n) is 3.18. The smallest absolute Gasteiger partial charge is 0.193 e. The molecule has 1 atom stereocenters. The number of aliphatic imine (C=N–C) groups is 1.